The minimum atomic E-state index is -0.574. The maximum Gasteiger partial charge on any atom is 0.270 e. The molecule has 2 heterocycles. The van der Waals surface area contributed by atoms with Crippen molar-refractivity contribution < 1.29 is 29.0 Å². The number of benzene rings is 4. The Labute approximate surface area is 274 Å². The lowest BCUT2D eigenvalue weighted by Gasteiger charge is -2.31. The number of nitro benzene ring substituents is 2. The number of carbonyl (C=O) groups excluding carboxylic acids is 4. The monoisotopic (exact) mass is 652 g/mol. The van der Waals surface area contributed by atoms with Gasteiger partial charge in [0, 0.05) is 78.4 Å². The van der Waals surface area contributed by atoms with Gasteiger partial charge in [-0.2, -0.15) is 0 Å². The van der Waals surface area contributed by atoms with Crippen LogP contribution in [-0.2, 0) is 0 Å². The zero-order valence-corrected chi connectivity index (χ0v) is 26.3. The van der Waals surface area contributed by atoms with Gasteiger partial charge in [-0.3, -0.25) is 54.1 Å². The van der Waals surface area contributed by atoms with E-state index < -0.39 is 33.5 Å². The van der Waals surface area contributed by atoms with E-state index in [1.165, 1.54) is 24.3 Å². The lowest BCUT2D eigenvalue weighted by Crippen LogP contribution is -2.46. The Bertz CT molecular complexity index is 2040. The van der Waals surface area contributed by atoms with Crippen molar-refractivity contribution in [2.75, 3.05) is 39.3 Å². The van der Waals surface area contributed by atoms with Crippen molar-refractivity contribution in [2.24, 2.45) is 0 Å². The van der Waals surface area contributed by atoms with Crippen molar-refractivity contribution in [3.63, 3.8) is 0 Å². The number of nitrogens with zero attached hydrogens (tertiary/aromatic N) is 5. The van der Waals surface area contributed by atoms with Crippen LogP contribution in [0, 0.1) is 20.2 Å². The SMILES string of the molecule is CC(C)N(CCCNCCN1C(=O)c2cccc3cc([N+](=O)[O-])cc(c23)C1=O)CCN1C(=O)c2cccc3cc([N+](=O)[O-])cc(c23)C1=O. The highest BCUT2D eigenvalue weighted by Crippen LogP contribution is 2.35. The van der Waals surface area contributed by atoms with Gasteiger partial charge < -0.3 is 5.32 Å². The molecule has 2 aliphatic heterocycles. The molecule has 0 saturated heterocycles. The molecule has 0 fully saturated rings. The molecule has 4 amide bonds. The van der Waals surface area contributed by atoms with Crippen LogP contribution in [0.1, 0.15) is 61.7 Å². The van der Waals surface area contributed by atoms with E-state index in [0.717, 1.165) is 9.80 Å². The number of hydrogen-bond donors (Lipinski definition) is 1. The Hall–Kier alpha value is -5.60. The molecule has 48 heavy (non-hydrogen) atoms. The number of rotatable bonds is 13. The van der Waals surface area contributed by atoms with E-state index in [-0.39, 0.29) is 41.6 Å². The third-order valence-corrected chi connectivity index (χ3v) is 8.90. The highest BCUT2D eigenvalue weighted by molar-refractivity contribution is 6.26. The quantitative estimate of drug-likeness (QED) is 0.0943. The van der Waals surface area contributed by atoms with Gasteiger partial charge in [0.05, 0.1) is 21.0 Å². The summed E-state index contributed by atoms with van der Waals surface area (Å²) in [5.41, 5.74) is 0.499. The summed E-state index contributed by atoms with van der Waals surface area (Å²) >= 11 is 0. The topological polar surface area (TPSA) is 176 Å². The average Bonchev–Trinajstić information content (AvgIpc) is 3.06. The maximum atomic E-state index is 13.4. The summed E-state index contributed by atoms with van der Waals surface area (Å²) < 4.78 is 0. The Morgan fingerprint density at radius 3 is 1.62 bits per heavy atom. The third kappa shape index (κ3) is 5.75. The predicted molar refractivity (Wildman–Crippen MR) is 176 cm³/mol. The second kappa shape index (κ2) is 12.9. The second-order valence-corrected chi connectivity index (χ2v) is 12.1. The van der Waals surface area contributed by atoms with Gasteiger partial charge in [0.1, 0.15) is 0 Å². The number of hydrogen-bond acceptors (Lipinski definition) is 10. The van der Waals surface area contributed by atoms with Crippen molar-refractivity contribution in [1.29, 1.82) is 0 Å². The van der Waals surface area contributed by atoms with E-state index in [9.17, 15) is 39.4 Å². The molecule has 0 atom stereocenters. The molecule has 14 nitrogen and oxygen atoms in total. The maximum absolute atomic E-state index is 13.4. The molecule has 0 spiro atoms. The van der Waals surface area contributed by atoms with Crippen LogP contribution in [0.25, 0.3) is 21.5 Å². The van der Waals surface area contributed by atoms with Crippen LogP contribution in [0.2, 0.25) is 0 Å². The summed E-state index contributed by atoms with van der Waals surface area (Å²) in [6.07, 6.45) is 0.685. The number of nitrogens with one attached hydrogen (secondary N) is 1. The molecule has 6 rings (SSSR count). The zero-order valence-electron chi connectivity index (χ0n) is 26.3. The first-order chi connectivity index (χ1) is 23.0. The van der Waals surface area contributed by atoms with Crippen LogP contribution in [0.15, 0.2) is 60.7 Å². The lowest BCUT2D eigenvalue weighted by atomic mass is 9.93. The number of carbonyl (C=O) groups is 4. The van der Waals surface area contributed by atoms with E-state index in [1.807, 2.05) is 13.8 Å². The van der Waals surface area contributed by atoms with E-state index in [2.05, 4.69) is 10.2 Å². The van der Waals surface area contributed by atoms with Crippen molar-refractivity contribution in [3.8, 4) is 0 Å². The Morgan fingerprint density at radius 2 is 1.15 bits per heavy atom. The normalized spacial score (nSPS) is 14.2. The first-order valence-electron chi connectivity index (χ1n) is 15.6. The Morgan fingerprint density at radius 1 is 0.667 bits per heavy atom. The molecule has 0 unspecified atom stereocenters. The molecule has 2 aliphatic rings. The van der Waals surface area contributed by atoms with Crippen LogP contribution in [0.3, 0.4) is 0 Å². The minimum absolute atomic E-state index is 0.0790. The third-order valence-electron chi connectivity index (χ3n) is 8.90. The molecule has 4 aromatic rings. The largest absolute Gasteiger partial charge is 0.315 e. The van der Waals surface area contributed by atoms with Gasteiger partial charge in [0.2, 0.25) is 0 Å². The van der Waals surface area contributed by atoms with E-state index in [4.69, 9.17) is 0 Å². The molecule has 0 radical (unpaired) electrons. The molecule has 0 aliphatic carbocycles. The van der Waals surface area contributed by atoms with E-state index in [1.54, 1.807) is 36.4 Å². The van der Waals surface area contributed by atoms with Crippen molar-refractivity contribution in [2.45, 2.75) is 26.3 Å². The van der Waals surface area contributed by atoms with Crippen LogP contribution < -0.4 is 5.32 Å². The number of imide groups is 2. The Balaban J connectivity index is 1.04. The molecular weight excluding hydrogens is 620 g/mol. The molecule has 246 valence electrons. The summed E-state index contributed by atoms with van der Waals surface area (Å²) in [5, 5.41) is 28.0. The number of nitro groups is 2. The molecule has 0 bridgehead atoms. The summed E-state index contributed by atoms with van der Waals surface area (Å²) in [6.45, 7) is 6.07. The van der Waals surface area contributed by atoms with Crippen LogP contribution in [0.5, 0.6) is 0 Å². The molecule has 0 saturated carbocycles. The lowest BCUT2D eigenvalue weighted by molar-refractivity contribution is -0.384. The van der Waals surface area contributed by atoms with Crippen molar-refractivity contribution in [1.82, 2.24) is 20.0 Å². The first kappa shape index (κ1) is 32.3. The van der Waals surface area contributed by atoms with Crippen LogP contribution in [-0.4, -0.2) is 93.5 Å². The van der Waals surface area contributed by atoms with E-state index >= 15 is 0 Å². The smallest absolute Gasteiger partial charge is 0.270 e. The number of non-ortho nitro benzene ring substituents is 2. The summed E-state index contributed by atoms with van der Waals surface area (Å²) in [4.78, 5) is 79.4. The molecule has 0 aromatic heterocycles. The van der Waals surface area contributed by atoms with Crippen molar-refractivity contribution >= 4 is 56.5 Å². The fourth-order valence-electron chi connectivity index (χ4n) is 6.48. The van der Waals surface area contributed by atoms with E-state index in [0.29, 0.717) is 65.3 Å². The summed E-state index contributed by atoms with van der Waals surface area (Å²) in [5.74, 6) is -2.02. The summed E-state index contributed by atoms with van der Waals surface area (Å²) in [7, 11) is 0. The highest BCUT2D eigenvalue weighted by Gasteiger charge is 2.35. The molecule has 1 N–H and O–H groups in total. The Kier molecular flexibility index (Phi) is 8.69. The molecule has 4 aromatic carbocycles. The number of amides is 4. The summed E-state index contributed by atoms with van der Waals surface area (Å²) in [6, 6.07) is 15.1. The van der Waals surface area contributed by atoms with Crippen molar-refractivity contribution in [3.05, 3.63) is 103 Å². The zero-order chi connectivity index (χ0) is 34.3. The second-order valence-electron chi connectivity index (χ2n) is 12.1. The van der Waals surface area contributed by atoms with Gasteiger partial charge >= 0.3 is 0 Å². The fraction of sp³-hybridized carbons (Fsp3) is 0.294. The van der Waals surface area contributed by atoms with Gasteiger partial charge in [0.15, 0.2) is 0 Å². The standard InChI is InChI=1S/C34H32N6O8/c1-20(2)36(14-15-38-32(42)26-9-4-7-22-17-24(40(47)48)19-28(30(22)26)34(38)44)12-5-10-35-11-13-37-31(41)25-8-3-6-21-16-23(39(45)46)18-27(29(21)25)33(37)43/h3-4,6-9,16-20,35H,5,10-15H2,1-2H3. The van der Waals surface area contributed by atoms with Gasteiger partial charge in [0.25, 0.3) is 35.0 Å². The average molecular weight is 653 g/mol. The highest BCUT2D eigenvalue weighted by atomic mass is 16.6. The predicted octanol–water partition coefficient (Wildman–Crippen LogP) is 4.39. The van der Waals surface area contributed by atoms with Crippen LogP contribution >= 0.6 is 0 Å². The molecular formula is C34H32N6O8. The van der Waals surface area contributed by atoms with Gasteiger partial charge in [-0.15, -0.1) is 0 Å². The minimum Gasteiger partial charge on any atom is -0.315 e. The molecule has 14 heteroatoms. The van der Waals surface area contributed by atoms with Gasteiger partial charge in [-0.25, -0.2) is 0 Å². The van der Waals surface area contributed by atoms with Gasteiger partial charge in [-0.05, 0) is 56.3 Å². The fourth-order valence-corrected chi connectivity index (χ4v) is 6.48. The van der Waals surface area contributed by atoms with Crippen LogP contribution in [0.4, 0.5) is 11.4 Å². The first-order valence-corrected chi connectivity index (χ1v) is 15.6. The van der Waals surface area contributed by atoms with Gasteiger partial charge in [-0.1, -0.05) is 24.3 Å².